The van der Waals surface area contributed by atoms with Crippen molar-refractivity contribution in [3.05, 3.63) is 58.1 Å². The Morgan fingerprint density at radius 1 is 1.14 bits per heavy atom. The summed E-state index contributed by atoms with van der Waals surface area (Å²) in [5.74, 6) is 1.62. The molecule has 5 rings (SSSR count). The fraction of sp³-hybridized carbons (Fsp3) is 0.500. The van der Waals surface area contributed by atoms with Crippen molar-refractivity contribution in [3.63, 3.8) is 0 Å². The monoisotopic (exact) mass is 492 g/mol. The largest absolute Gasteiger partial charge is 0.497 e. The molecule has 3 aliphatic rings. The van der Waals surface area contributed by atoms with Crippen molar-refractivity contribution in [2.24, 2.45) is 0 Å². The highest BCUT2D eigenvalue weighted by molar-refractivity contribution is 5.95. The number of benzene rings is 1. The number of carbonyl (C=O) groups is 2. The van der Waals surface area contributed by atoms with Crippen LogP contribution in [0.5, 0.6) is 11.5 Å². The van der Waals surface area contributed by atoms with Crippen molar-refractivity contribution in [2.75, 3.05) is 33.9 Å². The molecule has 1 aromatic heterocycles. The fourth-order valence-electron chi connectivity index (χ4n) is 6.46. The summed E-state index contributed by atoms with van der Waals surface area (Å²) in [5.41, 5.74) is 5.40. The maximum atomic E-state index is 13.8. The number of H-pyrrole nitrogens is 1. The molecule has 0 bridgehead atoms. The second kappa shape index (κ2) is 8.91. The Labute approximate surface area is 212 Å². The zero-order valence-electron chi connectivity index (χ0n) is 22.1. The Morgan fingerprint density at radius 3 is 2.44 bits per heavy atom. The molecule has 4 heterocycles. The number of carbonyl (C=O) groups excluding carboxylic acids is 2. The molecule has 2 fully saturated rings. The van der Waals surface area contributed by atoms with Crippen LogP contribution < -0.4 is 9.47 Å². The minimum absolute atomic E-state index is 0.0301. The number of hydrogen-bond acceptors (Lipinski definition) is 4. The summed E-state index contributed by atoms with van der Waals surface area (Å²) in [5, 5.41) is 0. The Morgan fingerprint density at radius 2 is 1.86 bits per heavy atom. The van der Waals surface area contributed by atoms with Crippen LogP contribution in [-0.2, 0) is 6.54 Å². The number of hydrogen-bond donors (Lipinski definition) is 1. The number of allylic oxidation sites excluding steroid dienone is 1. The van der Waals surface area contributed by atoms with E-state index in [0.29, 0.717) is 39.0 Å². The molecule has 3 amide bonds. The van der Waals surface area contributed by atoms with E-state index < -0.39 is 5.54 Å². The lowest BCUT2D eigenvalue weighted by molar-refractivity contribution is 0.0575. The minimum Gasteiger partial charge on any atom is -0.497 e. The zero-order valence-corrected chi connectivity index (χ0v) is 22.1. The lowest BCUT2D eigenvalue weighted by Gasteiger charge is -2.44. The molecule has 1 atom stereocenters. The number of aromatic amines is 1. The number of likely N-dealkylation sites (N-methyl/N-ethyl adjacent to an activating group) is 1. The van der Waals surface area contributed by atoms with Gasteiger partial charge in [0.2, 0.25) is 0 Å². The number of piperidine rings is 1. The van der Waals surface area contributed by atoms with Gasteiger partial charge in [0.05, 0.1) is 31.9 Å². The quantitative estimate of drug-likeness (QED) is 0.678. The lowest BCUT2D eigenvalue weighted by Crippen LogP contribution is -2.54. The number of amides is 3. The number of nitrogens with one attached hydrogen (secondary N) is 1. The van der Waals surface area contributed by atoms with E-state index in [2.05, 4.69) is 18.0 Å². The topological polar surface area (TPSA) is 78.1 Å². The highest BCUT2D eigenvalue weighted by Gasteiger charge is 2.55. The van der Waals surface area contributed by atoms with Crippen LogP contribution in [0.25, 0.3) is 0 Å². The van der Waals surface area contributed by atoms with E-state index >= 15 is 0 Å². The Hall–Kier alpha value is -3.42. The number of methoxy groups -OCH3 is 2. The van der Waals surface area contributed by atoms with Crippen molar-refractivity contribution in [2.45, 2.75) is 58.5 Å². The molecule has 0 saturated carbocycles. The molecule has 8 nitrogen and oxygen atoms in total. The third-order valence-electron chi connectivity index (χ3n) is 8.17. The van der Waals surface area contributed by atoms with Crippen LogP contribution in [0.3, 0.4) is 0 Å². The number of aryl methyl sites for hydroxylation is 2. The lowest BCUT2D eigenvalue weighted by atomic mass is 9.82. The number of urea groups is 1. The predicted molar refractivity (Wildman–Crippen MR) is 137 cm³/mol. The number of rotatable bonds is 4. The predicted octanol–water partition coefficient (Wildman–Crippen LogP) is 4.58. The van der Waals surface area contributed by atoms with Crippen molar-refractivity contribution in [1.29, 1.82) is 0 Å². The summed E-state index contributed by atoms with van der Waals surface area (Å²) in [6, 6.07) is 5.88. The van der Waals surface area contributed by atoms with E-state index in [1.54, 1.807) is 14.2 Å². The average Bonchev–Trinajstić information content (AvgIpc) is 3.24. The first-order valence-corrected chi connectivity index (χ1v) is 12.8. The van der Waals surface area contributed by atoms with Gasteiger partial charge in [-0.25, -0.2) is 4.79 Å². The second-order valence-electron chi connectivity index (χ2n) is 10.2. The van der Waals surface area contributed by atoms with Crippen molar-refractivity contribution >= 4 is 11.9 Å². The first-order valence-electron chi connectivity index (χ1n) is 12.8. The smallest absolute Gasteiger partial charge is 0.325 e. The first kappa shape index (κ1) is 24.3. The van der Waals surface area contributed by atoms with E-state index in [-0.39, 0.29) is 17.9 Å². The number of fused-ring (bicyclic) bond motifs is 3. The third-order valence-corrected chi connectivity index (χ3v) is 8.17. The SMILES string of the molecule is CCN1C(=O)N2Cc3cc(OC)cc(OC)c3[C@@H](C)C=C2C12CCN(C(=O)c1cc(C)[nH]c1C)CC2. The molecule has 36 heavy (non-hydrogen) atoms. The summed E-state index contributed by atoms with van der Waals surface area (Å²) in [6.45, 7) is 10.4. The Balaban J connectivity index is 1.49. The molecule has 2 aromatic rings. The fourth-order valence-corrected chi connectivity index (χ4v) is 6.46. The molecule has 3 aliphatic heterocycles. The molecule has 1 spiro atoms. The van der Waals surface area contributed by atoms with Gasteiger partial charge >= 0.3 is 6.03 Å². The van der Waals surface area contributed by atoms with Gasteiger partial charge in [0.25, 0.3) is 5.91 Å². The highest BCUT2D eigenvalue weighted by atomic mass is 16.5. The molecular formula is C28H36N4O4. The molecule has 2 saturated heterocycles. The summed E-state index contributed by atoms with van der Waals surface area (Å²) in [7, 11) is 3.32. The molecule has 0 radical (unpaired) electrons. The minimum atomic E-state index is -0.417. The Bertz CT molecular complexity index is 1240. The van der Waals surface area contributed by atoms with E-state index in [1.807, 2.05) is 53.7 Å². The Kier molecular flexibility index (Phi) is 6.01. The molecule has 0 unspecified atom stereocenters. The van der Waals surface area contributed by atoms with Gasteiger partial charge in [-0.05, 0) is 51.3 Å². The molecular weight excluding hydrogens is 456 g/mol. The van der Waals surface area contributed by atoms with E-state index in [4.69, 9.17) is 9.47 Å². The van der Waals surface area contributed by atoms with Crippen LogP contribution in [0.4, 0.5) is 4.79 Å². The number of likely N-dealkylation sites (tertiary alicyclic amines) is 1. The van der Waals surface area contributed by atoms with Crippen LogP contribution in [-0.4, -0.2) is 71.0 Å². The summed E-state index contributed by atoms with van der Waals surface area (Å²) in [4.78, 5) is 36.2. The van der Waals surface area contributed by atoms with Crippen LogP contribution in [0.2, 0.25) is 0 Å². The van der Waals surface area contributed by atoms with Crippen LogP contribution >= 0.6 is 0 Å². The maximum absolute atomic E-state index is 13.8. The van der Waals surface area contributed by atoms with Crippen molar-refractivity contribution < 1.29 is 19.1 Å². The van der Waals surface area contributed by atoms with Gasteiger partial charge in [-0.2, -0.15) is 0 Å². The van der Waals surface area contributed by atoms with Gasteiger partial charge in [-0.1, -0.05) is 13.0 Å². The van der Waals surface area contributed by atoms with Gasteiger partial charge < -0.3 is 24.3 Å². The highest BCUT2D eigenvalue weighted by Crippen LogP contribution is 2.49. The first-order chi connectivity index (χ1) is 17.2. The van der Waals surface area contributed by atoms with Gasteiger partial charge in [0, 0.05) is 54.3 Å². The van der Waals surface area contributed by atoms with Crippen LogP contribution in [0.1, 0.15) is 65.5 Å². The zero-order chi connectivity index (χ0) is 25.8. The summed E-state index contributed by atoms with van der Waals surface area (Å²) >= 11 is 0. The maximum Gasteiger partial charge on any atom is 0.325 e. The van der Waals surface area contributed by atoms with E-state index in [1.165, 1.54) is 0 Å². The van der Waals surface area contributed by atoms with Crippen molar-refractivity contribution in [1.82, 2.24) is 19.7 Å². The number of ether oxygens (including phenoxy) is 2. The molecule has 1 N–H and O–H groups in total. The standard InChI is InChI=1S/C28H36N4O4/c1-7-32-27(34)31-16-20-14-21(35-5)15-23(36-6)25(20)17(2)12-24(31)28(32)8-10-30(11-9-28)26(33)22-13-18(3)29-19(22)4/h12-15,17,29H,7-11,16H2,1-6H3/t17-/m0/s1. The third kappa shape index (κ3) is 3.57. The molecule has 192 valence electrons. The normalized spacial score (nSPS) is 20.7. The number of nitrogens with zero attached hydrogens (tertiary/aromatic N) is 3. The number of aromatic nitrogens is 1. The molecule has 0 aliphatic carbocycles. The van der Waals surface area contributed by atoms with Crippen LogP contribution in [0, 0.1) is 13.8 Å². The van der Waals surface area contributed by atoms with Gasteiger partial charge in [0.1, 0.15) is 11.5 Å². The van der Waals surface area contributed by atoms with Gasteiger partial charge in [0.15, 0.2) is 0 Å². The molecule has 1 aromatic carbocycles. The summed E-state index contributed by atoms with van der Waals surface area (Å²) in [6.07, 6.45) is 3.67. The van der Waals surface area contributed by atoms with Crippen molar-refractivity contribution in [3.8, 4) is 11.5 Å². The molecule has 8 heteroatoms. The average molecular weight is 493 g/mol. The van der Waals surface area contributed by atoms with E-state index in [9.17, 15) is 9.59 Å². The summed E-state index contributed by atoms with van der Waals surface area (Å²) < 4.78 is 11.3. The van der Waals surface area contributed by atoms with Gasteiger partial charge in [-0.15, -0.1) is 0 Å². The van der Waals surface area contributed by atoms with Crippen LogP contribution in [0.15, 0.2) is 30.0 Å². The second-order valence-corrected chi connectivity index (χ2v) is 10.2. The van der Waals surface area contributed by atoms with Gasteiger partial charge in [-0.3, -0.25) is 9.69 Å². The van der Waals surface area contributed by atoms with E-state index in [0.717, 1.165) is 45.3 Å².